The Balaban J connectivity index is 1.26. The summed E-state index contributed by atoms with van der Waals surface area (Å²) in [5.41, 5.74) is 11.2. The van der Waals surface area contributed by atoms with Gasteiger partial charge >= 0.3 is 0 Å². The third-order valence-corrected chi connectivity index (χ3v) is 9.80. The largest absolute Gasteiger partial charge is 0.507 e. The zero-order valence-corrected chi connectivity index (χ0v) is 29.1. The summed E-state index contributed by atoms with van der Waals surface area (Å²) in [6.07, 6.45) is 1.75. The van der Waals surface area contributed by atoms with Crippen LogP contribution in [-0.4, -0.2) is 19.6 Å². The molecular formula is C50H37N3O. The average molecular weight is 702 g/mol. The van der Waals surface area contributed by atoms with Gasteiger partial charge in [-0.3, -0.25) is 9.55 Å². The molecule has 0 atom stereocenters. The summed E-state index contributed by atoms with van der Waals surface area (Å²) in [4.78, 5) is 10.0. The van der Waals surface area contributed by atoms with E-state index in [1.807, 2.05) is 114 Å². The van der Waals surface area contributed by atoms with Crippen LogP contribution in [0.15, 0.2) is 182 Å². The van der Waals surface area contributed by atoms with Crippen LogP contribution in [0.25, 0.3) is 83.9 Å². The number of rotatable bonds is 7. The lowest BCUT2D eigenvalue weighted by Crippen LogP contribution is -2.00. The van der Waals surface area contributed by atoms with Gasteiger partial charge in [0.05, 0.1) is 28.0 Å². The van der Waals surface area contributed by atoms with E-state index < -0.39 is 13.7 Å². The fraction of sp³-hybridized carbons (Fsp3) is 0.0400. The molecule has 4 heteroatoms. The van der Waals surface area contributed by atoms with Crippen LogP contribution in [0, 0.1) is 13.7 Å². The van der Waals surface area contributed by atoms with Crippen LogP contribution in [0.4, 0.5) is 0 Å². The Kier molecular flexibility index (Phi) is 6.84. The molecule has 0 bridgehead atoms. The van der Waals surface area contributed by atoms with Crippen molar-refractivity contribution in [1.29, 1.82) is 0 Å². The molecule has 0 radical (unpaired) electrons. The van der Waals surface area contributed by atoms with E-state index in [4.69, 9.17) is 18.2 Å². The summed E-state index contributed by atoms with van der Waals surface area (Å²) in [6, 6.07) is 55.1. The lowest BCUT2D eigenvalue weighted by Gasteiger charge is -2.15. The van der Waals surface area contributed by atoms with E-state index in [9.17, 15) is 5.11 Å². The first kappa shape index (κ1) is 26.7. The number of aromatic nitrogens is 3. The molecule has 1 N–H and O–H groups in total. The molecule has 9 aromatic rings. The zero-order valence-electron chi connectivity index (χ0n) is 35.1. The van der Waals surface area contributed by atoms with Gasteiger partial charge in [0, 0.05) is 25.5 Å². The van der Waals surface area contributed by atoms with Crippen molar-refractivity contribution in [2.45, 2.75) is 13.7 Å². The van der Waals surface area contributed by atoms with Crippen molar-refractivity contribution in [1.82, 2.24) is 14.5 Å². The molecule has 54 heavy (non-hydrogen) atoms. The molecule has 0 fully saturated rings. The molecule has 2 aromatic heterocycles. The molecule has 0 amide bonds. The molecule has 0 spiro atoms. The predicted molar refractivity (Wildman–Crippen MR) is 223 cm³/mol. The van der Waals surface area contributed by atoms with Gasteiger partial charge < -0.3 is 5.11 Å². The van der Waals surface area contributed by atoms with Crippen molar-refractivity contribution >= 4 is 11.0 Å². The highest BCUT2D eigenvalue weighted by Crippen LogP contribution is 2.40. The molecule has 258 valence electrons. The quantitative estimate of drug-likeness (QED) is 0.180. The van der Waals surface area contributed by atoms with Gasteiger partial charge in [0.25, 0.3) is 0 Å². The standard InChI is InChI=1S/C50H37N3O/c1-33-20-22-37(23-21-33)39-26-27-51-45(32-39)42-30-40(36-14-7-4-8-15-36)29-41(31-42)43-17-11-18-47-49(43)52-50(44-16-9-10-19-48(44)54)53(47)46-25-24-38(28-34(46)2)35-12-5-3-6-13-35/h3-32,54H,1-2H3/i1D3,2D3. The SMILES string of the molecule is [2H]C([2H])([2H])c1ccc(-c2ccnc(-c3cc(-c4ccccc4)cc(-c4cccc5c4nc(-c4ccccc4O)n5-c4ccc(-c5ccccc5)cc4C([2H])([2H])[2H])c3)c2)cc1. The summed E-state index contributed by atoms with van der Waals surface area (Å²) in [5.74, 6) is 0.408. The fourth-order valence-electron chi connectivity index (χ4n) is 7.12. The Hall–Kier alpha value is -7.04. The normalized spacial score (nSPS) is 13.3. The van der Waals surface area contributed by atoms with Crippen LogP contribution < -0.4 is 0 Å². The number of aromatic hydroxyl groups is 1. The van der Waals surface area contributed by atoms with Crippen molar-refractivity contribution in [3.63, 3.8) is 0 Å². The smallest absolute Gasteiger partial charge is 0.149 e. The minimum Gasteiger partial charge on any atom is -0.507 e. The molecule has 0 saturated heterocycles. The van der Waals surface area contributed by atoms with Gasteiger partial charge in [0.1, 0.15) is 11.6 Å². The Labute approximate surface area is 323 Å². The zero-order chi connectivity index (χ0) is 41.6. The van der Waals surface area contributed by atoms with Gasteiger partial charge in [-0.05, 0) is 119 Å². The molecule has 0 aliphatic carbocycles. The topological polar surface area (TPSA) is 50.9 Å². The predicted octanol–water partition coefficient (Wildman–Crippen LogP) is 12.7. The molecule has 0 unspecified atom stereocenters. The Morgan fingerprint density at radius 2 is 1.15 bits per heavy atom. The minimum atomic E-state index is -2.48. The number of imidazole rings is 1. The van der Waals surface area contributed by atoms with Crippen LogP contribution in [0.5, 0.6) is 5.75 Å². The number of nitrogens with zero attached hydrogens (tertiary/aromatic N) is 3. The lowest BCUT2D eigenvalue weighted by molar-refractivity contribution is 0.477. The number of para-hydroxylation sites is 2. The minimum absolute atomic E-state index is 0.0132. The molecule has 4 nitrogen and oxygen atoms in total. The third-order valence-electron chi connectivity index (χ3n) is 9.80. The van der Waals surface area contributed by atoms with Gasteiger partial charge in [-0.2, -0.15) is 0 Å². The number of pyridine rings is 1. The van der Waals surface area contributed by atoms with E-state index in [0.29, 0.717) is 28.1 Å². The van der Waals surface area contributed by atoms with Crippen molar-refractivity contribution < 1.29 is 13.3 Å². The molecule has 0 saturated carbocycles. The first-order valence-electron chi connectivity index (χ1n) is 20.7. The van der Waals surface area contributed by atoms with Gasteiger partial charge in [0.15, 0.2) is 0 Å². The third kappa shape index (κ3) is 6.14. The first-order valence-corrected chi connectivity index (χ1v) is 17.7. The van der Waals surface area contributed by atoms with Crippen LogP contribution in [-0.2, 0) is 0 Å². The summed E-state index contributed by atoms with van der Waals surface area (Å²) in [5, 5.41) is 11.3. The van der Waals surface area contributed by atoms with Crippen molar-refractivity contribution in [3.05, 3.63) is 193 Å². The molecule has 0 aliphatic heterocycles. The molecular weight excluding hydrogens is 659 g/mol. The highest BCUT2D eigenvalue weighted by Gasteiger charge is 2.21. The summed E-state index contributed by atoms with van der Waals surface area (Å²) >= 11 is 0. The molecule has 2 heterocycles. The van der Waals surface area contributed by atoms with Gasteiger partial charge in [-0.15, -0.1) is 0 Å². The Morgan fingerprint density at radius 1 is 0.500 bits per heavy atom. The molecule has 0 aliphatic rings. The van der Waals surface area contributed by atoms with E-state index in [0.717, 1.165) is 55.8 Å². The maximum absolute atomic E-state index is 11.3. The van der Waals surface area contributed by atoms with E-state index in [2.05, 4.69) is 30.3 Å². The van der Waals surface area contributed by atoms with E-state index in [-0.39, 0.29) is 16.9 Å². The molecule has 7 aromatic carbocycles. The Morgan fingerprint density at radius 3 is 1.91 bits per heavy atom. The van der Waals surface area contributed by atoms with Crippen molar-refractivity contribution in [2.24, 2.45) is 0 Å². The highest BCUT2D eigenvalue weighted by atomic mass is 16.3. The Bertz CT molecular complexity index is 3010. The highest BCUT2D eigenvalue weighted by molar-refractivity contribution is 5.98. The van der Waals surface area contributed by atoms with Gasteiger partial charge in [-0.25, -0.2) is 4.98 Å². The summed E-state index contributed by atoms with van der Waals surface area (Å²) in [7, 11) is 0. The van der Waals surface area contributed by atoms with Crippen molar-refractivity contribution in [3.8, 4) is 78.6 Å². The second-order valence-corrected chi connectivity index (χ2v) is 13.2. The van der Waals surface area contributed by atoms with E-state index in [1.165, 1.54) is 0 Å². The van der Waals surface area contributed by atoms with Crippen LogP contribution in [0.3, 0.4) is 0 Å². The first-order chi connectivity index (χ1) is 28.9. The second kappa shape index (κ2) is 13.8. The van der Waals surface area contributed by atoms with Crippen molar-refractivity contribution in [2.75, 3.05) is 0 Å². The number of benzene rings is 7. The molecule has 9 rings (SSSR count). The van der Waals surface area contributed by atoms with Gasteiger partial charge in [0.2, 0.25) is 0 Å². The van der Waals surface area contributed by atoms with Crippen LogP contribution in [0.1, 0.15) is 19.4 Å². The monoisotopic (exact) mass is 701 g/mol. The van der Waals surface area contributed by atoms with Crippen LogP contribution >= 0.6 is 0 Å². The maximum atomic E-state index is 11.3. The lowest BCUT2D eigenvalue weighted by atomic mass is 9.93. The number of hydrogen-bond acceptors (Lipinski definition) is 3. The summed E-state index contributed by atoms with van der Waals surface area (Å²) < 4.78 is 51.4. The van der Waals surface area contributed by atoms with Gasteiger partial charge in [-0.1, -0.05) is 121 Å². The fourth-order valence-corrected chi connectivity index (χ4v) is 7.12. The number of aryl methyl sites for hydroxylation is 2. The second-order valence-electron chi connectivity index (χ2n) is 13.2. The number of phenols is 1. The average Bonchev–Trinajstić information content (AvgIpc) is 3.66. The number of phenolic OH excluding ortho intramolecular Hbond substituents is 1. The maximum Gasteiger partial charge on any atom is 0.149 e. The van der Waals surface area contributed by atoms with E-state index >= 15 is 0 Å². The van der Waals surface area contributed by atoms with E-state index in [1.54, 1.807) is 42.6 Å². The number of fused-ring (bicyclic) bond motifs is 1. The van der Waals surface area contributed by atoms with Crippen LogP contribution in [0.2, 0.25) is 0 Å². The summed E-state index contributed by atoms with van der Waals surface area (Å²) in [6.45, 7) is -4.68. The number of hydrogen-bond donors (Lipinski definition) is 1.